The van der Waals surface area contributed by atoms with Crippen molar-refractivity contribution in [2.75, 3.05) is 0 Å². The summed E-state index contributed by atoms with van der Waals surface area (Å²) in [5.74, 6) is 7.23. The third-order valence-corrected chi connectivity index (χ3v) is 14.8. The SMILES string of the molecule is [C-]#[N+]c1ccc(-c2nc(-c3ccc([N+]#[C-])cc3)nc(-c3cccc(-c4cc(C56CC7CC(CC(C7)C5)C6)cc(C56CC7CC(CC(C7)C5)C6)c4)c3)n2)cc1. The molecule has 5 heteroatoms. The summed E-state index contributed by atoms with van der Waals surface area (Å²) in [5, 5.41) is 0. The molecule has 0 amide bonds. The molecule has 0 N–H and O–H groups in total. The Labute approximate surface area is 319 Å². The van der Waals surface area contributed by atoms with Crippen LogP contribution in [0, 0.1) is 48.7 Å². The second kappa shape index (κ2) is 12.2. The summed E-state index contributed by atoms with van der Waals surface area (Å²) in [6, 6.07) is 31.8. The Morgan fingerprint density at radius 2 is 0.778 bits per heavy atom. The predicted molar refractivity (Wildman–Crippen MR) is 214 cm³/mol. The van der Waals surface area contributed by atoms with Gasteiger partial charge in [-0.3, -0.25) is 0 Å². The van der Waals surface area contributed by atoms with Crippen LogP contribution in [0.4, 0.5) is 11.4 Å². The summed E-state index contributed by atoms with van der Waals surface area (Å²) < 4.78 is 0. The lowest BCUT2D eigenvalue weighted by Crippen LogP contribution is -2.50. The molecular formula is C49H45N5. The summed E-state index contributed by atoms with van der Waals surface area (Å²) in [7, 11) is 0. The zero-order chi connectivity index (χ0) is 36.0. The average molecular weight is 704 g/mol. The molecule has 13 rings (SSSR count). The Morgan fingerprint density at radius 3 is 1.17 bits per heavy atom. The molecule has 8 aliphatic rings. The monoisotopic (exact) mass is 703 g/mol. The maximum absolute atomic E-state index is 7.43. The molecule has 1 heterocycles. The van der Waals surface area contributed by atoms with Crippen molar-refractivity contribution in [3.05, 3.63) is 125 Å². The quantitative estimate of drug-likeness (QED) is 0.165. The molecule has 0 spiro atoms. The van der Waals surface area contributed by atoms with Crippen LogP contribution in [0.2, 0.25) is 0 Å². The molecule has 0 saturated heterocycles. The molecular weight excluding hydrogens is 659 g/mol. The van der Waals surface area contributed by atoms with Crippen LogP contribution in [0.1, 0.15) is 88.2 Å². The van der Waals surface area contributed by atoms with Gasteiger partial charge in [-0.15, -0.1) is 0 Å². The van der Waals surface area contributed by atoms with E-state index in [-0.39, 0.29) is 0 Å². The van der Waals surface area contributed by atoms with E-state index in [2.05, 4.69) is 52.2 Å². The predicted octanol–water partition coefficient (Wildman–Crippen LogP) is 12.6. The molecule has 1 aromatic heterocycles. The number of benzene rings is 4. The molecule has 0 atom stereocenters. The Bertz CT molecular complexity index is 2170. The fourth-order valence-corrected chi connectivity index (χ4v) is 13.3. The first-order valence-electron chi connectivity index (χ1n) is 20.4. The van der Waals surface area contributed by atoms with E-state index in [1.807, 2.05) is 48.5 Å². The molecule has 8 fully saturated rings. The van der Waals surface area contributed by atoms with Crippen LogP contribution >= 0.6 is 0 Å². The van der Waals surface area contributed by atoms with Gasteiger partial charge < -0.3 is 0 Å². The second-order valence-electron chi connectivity index (χ2n) is 18.4. The molecule has 8 aliphatic carbocycles. The fraction of sp³-hybridized carbons (Fsp3) is 0.408. The Morgan fingerprint density at radius 1 is 0.407 bits per heavy atom. The van der Waals surface area contributed by atoms with Crippen molar-refractivity contribution < 1.29 is 0 Å². The molecule has 8 bridgehead atoms. The molecule has 0 unspecified atom stereocenters. The lowest BCUT2D eigenvalue weighted by Gasteiger charge is -2.58. The highest BCUT2D eigenvalue weighted by Gasteiger charge is 2.54. The molecule has 4 aromatic carbocycles. The first kappa shape index (κ1) is 32.3. The van der Waals surface area contributed by atoms with E-state index in [4.69, 9.17) is 28.1 Å². The van der Waals surface area contributed by atoms with Gasteiger partial charge in [-0.05, 0) is 152 Å². The van der Waals surface area contributed by atoms with Crippen molar-refractivity contribution in [3.63, 3.8) is 0 Å². The minimum Gasteiger partial charge on any atom is -0.238 e. The van der Waals surface area contributed by atoms with E-state index in [1.54, 1.807) is 11.1 Å². The van der Waals surface area contributed by atoms with Crippen molar-refractivity contribution in [2.24, 2.45) is 35.5 Å². The van der Waals surface area contributed by atoms with Crippen LogP contribution in [-0.4, -0.2) is 15.0 Å². The maximum Gasteiger partial charge on any atom is 0.187 e. The van der Waals surface area contributed by atoms with E-state index in [1.165, 1.54) is 88.2 Å². The third kappa shape index (κ3) is 5.42. The van der Waals surface area contributed by atoms with Gasteiger partial charge in [0.2, 0.25) is 0 Å². The minimum atomic E-state index is 0.336. The molecule has 0 aliphatic heterocycles. The highest BCUT2D eigenvalue weighted by atomic mass is 15.0. The summed E-state index contributed by atoms with van der Waals surface area (Å²) in [5.41, 5.74) is 10.4. The smallest absolute Gasteiger partial charge is 0.187 e. The summed E-state index contributed by atoms with van der Waals surface area (Å²) in [6.45, 7) is 14.9. The van der Waals surface area contributed by atoms with Crippen molar-refractivity contribution in [3.8, 4) is 45.3 Å². The van der Waals surface area contributed by atoms with Gasteiger partial charge in [-0.1, -0.05) is 84.9 Å². The fourth-order valence-electron chi connectivity index (χ4n) is 13.3. The van der Waals surface area contributed by atoms with Crippen LogP contribution in [0.15, 0.2) is 91.0 Å². The lowest BCUT2D eigenvalue weighted by molar-refractivity contribution is -0.00832. The number of nitrogens with zero attached hydrogens (tertiary/aromatic N) is 5. The van der Waals surface area contributed by atoms with Gasteiger partial charge >= 0.3 is 0 Å². The molecule has 266 valence electrons. The molecule has 8 saturated carbocycles. The first-order valence-corrected chi connectivity index (χ1v) is 20.4. The van der Waals surface area contributed by atoms with E-state index >= 15 is 0 Å². The number of rotatable bonds is 6. The maximum atomic E-state index is 7.43. The van der Waals surface area contributed by atoms with Crippen LogP contribution in [-0.2, 0) is 10.8 Å². The number of hydrogen-bond acceptors (Lipinski definition) is 3. The van der Waals surface area contributed by atoms with E-state index < -0.39 is 0 Å². The van der Waals surface area contributed by atoms with Gasteiger partial charge in [0.15, 0.2) is 28.8 Å². The first-order chi connectivity index (χ1) is 26.4. The van der Waals surface area contributed by atoms with Gasteiger partial charge in [-0.2, -0.15) is 0 Å². The van der Waals surface area contributed by atoms with Crippen LogP contribution in [0.5, 0.6) is 0 Å². The number of hydrogen-bond donors (Lipinski definition) is 0. The average Bonchev–Trinajstić information content (AvgIpc) is 3.20. The van der Waals surface area contributed by atoms with E-state index in [0.717, 1.165) is 52.2 Å². The Balaban J connectivity index is 1.04. The molecule has 54 heavy (non-hydrogen) atoms. The zero-order valence-corrected chi connectivity index (χ0v) is 30.8. The van der Waals surface area contributed by atoms with Gasteiger partial charge in [0.1, 0.15) is 0 Å². The van der Waals surface area contributed by atoms with Crippen LogP contribution in [0.3, 0.4) is 0 Å². The van der Waals surface area contributed by atoms with Gasteiger partial charge in [0.05, 0.1) is 13.1 Å². The number of aromatic nitrogens is 3. The van der Waals surface area contributed by atoms with Crippen molar-refractivity contribution in [1.29, 1.82) is 0 Å². The Kier molecular flexibility index (Phi) is 7.30. The van der Waals surface area contributed by atoms with Gasteiger partial charge in [0.25, 0.3) is 0 Å². The summed E-state index contributed by atoms with van der Waals surface area (Å²) >= 11 is 0. The van der Waals surface area contributed by atoms with Crippen molar-refractivity contribution in [2.45, 2.75) is 87.9 Å². The van der Waals surface area contributed by atoms with E-state index in [9.17, 15) is 0 Å². The molecule has 0 radical (unpaired) electrons. The Hall–Kier alpha value is -5.13. The third-order valence-electron chi connectivity index (χ3n) is 14.8. The van der Waals surface area contributed by atoms with Crippen molar-refractivity contribution >= 4 is 11.4 Å². The van der Waals surface area contributed by atoms with Gasteiger partial charge in [-0.25, -0.2) is 24.6 Å². The van der Waals surface area contributed by atoms with Crippen LogP contribution in [0.25, 0.3) is 55.0 Å². The minimum absolute atomic E-state index is 0.336. The highest BCUT2D eigenvalue weighted by molar-refractivity contribution is 5.74. The lowest BCUT2D eigenvalue weighted by atomic mass is 9.46. The van der Waals surface area contributed by atoms with Crippen LogP contribution < -0.4 is 0 Å². The molecule has 5 aromatic rings. The molecule has 5 nitrogen and oxygen atoms in total. The van der Waals surface area contributed by atoms with Gasteiger partial charge in [0, 0.05) is 16.7 Å². The second-order valence-corrected chi connectivity index (χ2v) is 18.4. The van der Waals surface area contributed by atoms with Crippen molar-refractivity contribution in [1.82, 2.24) is 15.0 Å². The topological polar surface area (TPSA) is 47.4 Å². The van der Waals surface area contributed by atoms with E-state index in [0.29, 0.717) is 39.7 Å². The summed E-state index contributed by atoms with van der Waals surface area (Å²) in [6.07, 6.45) is 17.1. The largest absolute Gasteiger partial charge is 0.238 e. The normalized spacial score (nSPS) is 31.3. The zero-order valence-electron chi connectivity index (χ0n) is 30.8. The standard InChI is InChI=1S/C49H45N5/c1-50-43-10-6-36(7-11-43)45-52-46(37-8-12-44(51-2)13-9-37)54-47(53-45)39-5-3-4-38(20-39)40-21-41(48-24-30-14-31(25-48)16-32(15-30)26-48)23-42(22-40)49-27-33-17-34(28-49)19-35(18-33)29-49/h3-13,20-23,30-35H,14-19,24-29H2. The highest BCUT2D eigenvalue weighted by Crippen LogP contribution is 2.64. The summed E-state index contributed by atoms with van der Waals surface area (Å²) in [4.78, 5) is 22.2.